The number of amides is 1. The number of aromatic nitrogens is 5. The summed E-state index contributed by atoms with van der Waals surface area (Å²) in [6.07, 6.45) is 3.31. The van der Waals surface area contributed by atoms with Gasteiger partial charge in [-0.2, -0.15) is 10.1 Å². The first kappa shape index (κ1) is 15.0. The van der Waals surface area contributed by atoms with Gasteiger partial charge >= 0.3 is 0 Å². The summed E-state index contributed by atoms with van der Waals surface area (Å²) in [6.45, 7) is 1.77. The minimum absolute atomic E-state index is 0.312. The highest BCUT2D eigenvalue weighted by molar-refractivity contribution is 6.04. The van der Waals surface area contributed by atoms with Crippen molar-refractivity contribution in [3.63, 3.8) is 0 Å². The third-order valence-electron chi connectivity index (χ3n) is 3.76. The SMILES string of the molecule is CC(NC(=O)c1n[nH]c2ccccc12)c1nc(-c2cccnc2)no1. The van der Waals surface area contributed by atoms with E-state index in [-0.39, 0.29) is 5.91 Å². The molecule has 0 spiro atoms. The van der Waals surface area contributed by atoms with Crippen LogP contribution >= 0.6 is 0 Å². The van der Waals surface area contributed by atoms with Gasteiger partial charge in [0.1, 0.15) is 6.04 Å². The van der Waals surface area contributed by atoms with Gasteiger partial charge in [0.25, 0.3) is 5.91 Å². The molecule has 8 nitrogen and oxygen atoms in total. The first-order chi connectivity index (χ1) is 12.2. The van der Waals surface area contributed by atoms with Gasteiger partial charge < -0.3 is 9.84 Å². The Balaban J connectivity index is 1.53. The molecule has 0 fully saturated rings. The third kappa shape index (κ3) is 2.85. The number of aromatic amines is 1. The highest BCUT2D eigenvalue weighted by Crippen LogP contribution is 2.19. The molecule has 2 N–H and O–H groups in total. The average Bonchev–Trinajstić information content (AvgIpc) is 3.30. The maximum absolute atomic E-state index is 12.5. The first-order valence-corrected chi connectivity index (χ1v) is 7.70. The predicted octanol–water partition coefficient (Wildman–Crippen LogP) is 2.50. The van der Waals surface area contributed by atoms with Crippen LogP contribution in [0, 0.1) is 0 Å². The Morgan fingerprint density at radius 3 is 2.96 bits per heavy atom. The number of pyridine rings is 1. The number of hydrogen-bond acceptors (Lipinski definition) is 6. The summed E-state index contributed by atoms with van der Waals surface area (Å²) in [4.78, 5) is 20.8. The van der Waals surface area contributed by atoms with Crippen LogP contribution in [0.5, 0.6) is 0 Å². The summed E-state index contributed by atoms with van der Waals surface area (Å²) in [5.74, 6) is 0.424. The van der Waals surface area contributed by atoms with Crippen molar-refractivity contribution in [2.75, 3.05) is 0 Å². The Bertz CT molecular complexity index is 1020. The largest absolute Gasteiger partial charge is 0.339 e. The molecule has 4 aromatic rings. The zero-order valence-corrected chi connectivity index (χ0v) is 13.3. The van der Waals surface area contributed by atoms with Crippen molar-refractivity contribution in [3.8, 4) is 11.4 Å². The zero-order valence-electron chi connectivity index (χ0n) is 13.3. The normalized spacial score (nSPS) is 12.2. The van der Waals surface area contributed by atoms with Crippen molar-refractivity contribution in [1.82, 2.24) is 30.6 Å². The Morgan fingerprint density at radius 1 is 1.24 bits per heavy atom. The van der Waals surface area contributed by atoms with Crippen molar-refractivity contribution in [3.05, 3.63) is 60.4 Å². The van der Waals surface area contributed by atoms with E-state index in [4.69, 9.17) is 4.52 Å². The summed E-state index contributed by atoms with van der Waals surface area (Å²) in [7, 11) is 0. The lowest BCUT2D eigenvalue weighted by molar-refractivity contribution is 0.0929. The van der Waals surface area contributed by atoms with E-state index in [1.807, 2.05) is 30.3 Å². The van der Waals surface area contributed by atoms with E-state index < -0.39 is 6.04 Å². The number of rotatable bonds is 4. The molecule has 25 heavy (non-hydrogen) atoms. The van der Waals surface area contributed by atoms with Gasteiger partial charge in [-0.1, -0.05) is 23.4 Å². The fourth-order valence-corrected chi connectivity index (χ4v) is 2.49. The van der Waals surface area contributed by atoms with Gasteiger partial charge in [0.15, 0.2) is 5.69 Å². The Hall–Kier alpha value is -3.55. The average molecular weight is 334 g/mol. The molecular weight excluding hydrogens is 320 g/mol. The van der Waals surface area contributed by atoms with Gasteiger partial charge in [0.05, 0.1) is 5.52 Å². The molecule has 4 rings (SSSR count). The van der Waals surface area contributed by atoms with E-state index in [0.29, 0.717) is 17.4 Å². The topological polar surface area (TPSA) is 110 Å². The van der Waals surface area contributed by atoms with Crippen molar-refractivity contribution >= 4 is 16.8 Å². The number of carbonyl (C=O) groups excluding carboxylic acids is 1. The monoisotopic (exact) mass is 334 g/mol. The molecule has 1 atom stereocenters. The first-order valence-electron chi connectivity index (χ1n) is 7.70. The fourth-order valence-electron chi connectivity index (χ4n) is 2.49. The van der Waals surface area contributed by atoms with Crippen LogP contribution in [0.1, 0.15) is 29.3 Å². The Labute approximate surface area is 142 Å². The quantitative estimate of drug-likeness (QED) is 0.593. The lowest BCUT2D eigenvalue weighted by Crippen LogP contribution is -2.27. The highest BCUT2D eigenvalue weighted by Gasteiger charge is 2.20. The molecule has 0 aliphatic rings. The van der Waals surface area contributed by atoms with Gasteiger partial charge in [-0.3, -0.25) is 14.9 Å². The molecule has 0 saturated carbocycles. The Kier molecular flexibility index (Phi) is 3.70. The van der Waals surface area contributed by atoms with Gasteiger partial charge in [0, 0.05) is 23.3 Å². The standard InChI is InChI=1S/C17H14N6O2/c1-10(17-20-15(23-25-17)11-5-4-8-18-9-11)19-16(24)14-12-6-2-3-7-13(12)21-22-14/h2-10H,1H3,(H,19,24)(H,21,22). The number of nitrogens with one attached hydrogen (secondary N) is 2. The van der Waals surface area contributed by atoms with Crippen LogP contribution in [0.3, 0.4) is 0 Å². The van der Waals surface area contributed by atoms with E-state index in [9.17, 15) is 4.79 Å². The second kappa shape index (κ2) is 6.16. The van der Waals surface area contributed by atoms with Crippen LogP contribution in [0.25, 0.3) is 22.3 Å². The predicted molar refractivity (Wildman–Crippen MR) is 89.5 cm³/mol. The molecule has 1 aromatic carbocycles. The molecule has 1 unspecified atom stereocenters. The van der Waals surface area contributed by atoms with Crippen molar-refractivity contribution in [1.29, 1.82) is 0 Å². The van der Waals surface area contributed by atoms with Gasteiger partial charge in [-0.15, -0.1) is 0 Å². The van der Waals surface area contributed by atoms with E-state index in [1.54, 1.807) is 25.4 Å². The van der Waals surface area contributed by atoms with Crippen LogP contribution in [-0.2, 0) is 0 Å². The summed E-state index contributed by atoms with van der Waals surface area (Å²) in [5, 5.41) is 14.4. The summed E-state index contributed by atoms with van der Waals surface area (Å²) >= 11 is 0. The number of carbonyl (C=O) groups is 1. The molecule has 0 radical (unpaired) electrons. The van der Waals surface area contributed by atoms with Crippen LogP contribution in [0.15, 0.2) is 53.3 Å². The van der Waals surface area contributed by atoms with Crippen LogP contribution < -0.4 is 5.32 Å². The number of para-hydroxylation sites is 1. The minimum atomic E-state index is -0.458. The maximum Gasteiger partial charge on any atom is 0.273 e. The van der Waals surface area contributed by atoms with E-state index in [2.05, 4.69) is 30.6 Å². The van der Waals surface area contributed by atoms with Crippen molar-refractivity contribution in [2.24, 2.45) is 0 Å². The number of hydrogen-bond donors (Lipinski definition) is 2. The molecule has 0 bridgehead atoms. The van der Waals surface area contributed by atoms with Crippen LogP contribution in [0.4, 0.5) is 0 Å². The number of nitrogens with zero attached hydrogens (tertiary/aromatic N) is 4. The molecule has 1 amide bonds. The number of H-pyrrole nitrogens is 1. The molecule has 0 aliphatic carbocycles. The lowest BCUT2D eigenvalue weighted by Gasteiger charge is -2.08. The molecule has 0 saturated heterocycles. The number of benzene rings is 1. The van der Waals surface area contributed by atoms with E-state index in [1.165, 1.54) is 0 Å². The zero-order chi connectivity index (χ0) is 17.2. The molecule has 0 aliphatic heterocycles. The molecule has 3 aromatic heterocycles. The lowest BCUT2D eigenvalue weighted by atomic mass is 10.2. The molecular formula is C17H14N6O2. The van der Waals surface area contributed by atoms with Crippen LogP contribution in [-0.4, -0.2) is 31.2 Å². The second-order valence-electron chi connectivity index (χ2n) is 5.51. The van der Waals surface area contributed by atoms with E-state index >= 15 is 0 Å². The van der Waals surface area contributed by atoms with Gasteiger partial charge in [0.2, 0.25) is 11.7 Å². The second-order valence-corrected chi connectivity index (χ2v) is 5.51. The minimum Gasteiger partial charge on any atom is -0.339 e. The number of fused-ring (bicyclic) bond motifs is 1. The Morgan fingerprint density at radius 2 is 2.12 bits per heavy atom. The van der Waals surface area contributed by atoms with E-state index in [0.717, 1.165) is 16.5 Å². The third-order valence-corrected chi connectivity index (χ3v) is 3.76. The van der Waals surface area contributed by atoms with Gasteiger partial charge in [-0.25, -0.2) is 0 Å². The summed E-state index contributed by atoms with van der Waals surface area (Å²) in [6, 6.07) is 10.6. The van der Waals surface area contributed by atoms with Gasteiger partial charge in [-0.05, 0) is 25.1 Å². The van der Waals surface area contributed by atoms with Crippen molar-refractivity contribution in [2.45, 2.75) is 13.0 Å². The molecule has 124 valence electrons. The highest BCUT2D eigenvalue weighted by atomic mass is 16.5. The maximum atomic E-state index is 12.5. The summed E-state index contributed by atoms with van der Waals surface area (Å²) < 4.78 is 5.25. The molecule has 3 heterocycles. The van der Waals surface area contributed by atoms with Crippen LogP contribution in [0.2, 0.25) is 0 Å². The summed E-state index contributed by atoms with van der Waals surface area (Å²) in [5.41, 5.74) is 1.88. The molecule has 8 heteroatoms. The smallest absolute Gasteiger partial charge is 0.273 e. The fraction of sp³-hybridized carbons (Fsp3) is 0.118. The van der Waals surface area contributed by atoms with Crippen molar-refractivity contribution < 1.29 is 9.32 Å².